The van der Waals surface area contributed by atoms with Crippen LogP contribution in [0.1, 0.15) is 122 Å². The molecule has 2 N–H and O–H groups in total. The van der Waals surface area contributed by atoms with Crippen molar-refractivity contribution in [2.45, 2.75) is 129 Å². The van der Waals surface area contributed by atoms with Gasteiger partial charge in [-0.15, -0.1) is 0 Å². The minimum Gasteiger partial charge on any atom is -0.508 e. The van der Waals surface area contributed by atoms with Crippen molar-refractivity contribution in [3.05, 3.63) is 73.6 Å². The molecule has 2 saturated heterocycles. The van der Waals surface area contributed by atoms with Gasteiger partial charge in [-0.25, -0.2) is 10.0 Å². The van der Waals surface area contributed by atoms with E-state index in [4.69, 9.17) is 58.0 Å². The van der Waals surface area contributed by atoms with Gasteiger partial charge in [0.05, 0.1) is 31.5 Å². The summed E-state index contributed by atoms with van der Waals surface area (Å²) < 4.78 is 0. The van der Waals surface area contributed by atoms with E-state index in [1.54, 1.807) is 6.07 Å². The summed E-state index contributed by atoms with van der Waals surface area (Å²) >= 11 is 31.9. The summed E-state index contributed by atoms with van der Waals surface area (Å²) in [7, 11) is 0. The Bertz CT molecular complexity index is 1950. The van der Waals surface area contributed by atoms with Crippen molar-refractivity contribution in [1.82, 2.24) is 5.43 Å². The summed E-state index contributed by atoms with van der Waals surface area (Å²) in [6.07, 6.45) is 21.1. The molecule has 0 spiro atoms. The van der Waals surface area contributed by atoms with Crippen LogP contribution in [0.25, 0.3) is 0 Å². The number of hydrogen-bond acceptors (Lipinski definition) is 7. The van der Waals surface area contributed by atoms with Gasteiger partial charge in [0.25, 0.3) is 5.91 Å². The molecule has 5 rings (SSSR count). The van der Waals surface area contributed by atoms with E-state index in [0.29, 0.717) is 12.1 Å². The van der Waals surface area contributed by atoms with Crippen molar-refractivity contribution < 1.29 is 19.5 Å². The van der Waals surface area contributed by atoms with Crippen molar-refractivity contribution in [3.63, 3.8) is 0 Å². The third kappa shape index (κ3) is 12.6. The number of nitrogens with one attached hydrogen (secondary N) is 1. The molecule has 3 aromatic carbocycles. The van der Waals surface area contributed by atoms with E-state index < -0.39 is 17.9 Å². The van der Waals surface area contributed by atoms with Crippen LogP contribution >= 0.6 is 58.0 Å². The summed E-state index contributed by atoms with van der Waals surface area (Å²) in [5.74, 6) is -1.66. The fourth-order valence-corrected chi connectivity index (χ4v) is 8.62. The molecule has 0 aromatic heterocycles. The van der Waals surface area contributed by atoms with Gasteiger partial charge in [0.1, 0.15) is 17.1 Å². The van der Waals surface area contributed by atoms with Crippen LogP contribution in [0.2, 0.25) is 25.1 Å². The van der Waals surface area contributed by atoms with Gasteiger partial charge in [-0.05, 0) is 48.9 Å². The Morgan fingerprint density at radius 2 is 1.26 bits per heavy atom. The number of amides is 3. The number of carbonyl (C=O) groups excluding carboxylic acids is 3. The number of aromatic hydroxyl groups is 1. The topological polar surface area (TPSA) is 127 Å². The van der Waals surface area contributed by atoms with E-state index in [0.717, 1.165) is 24.3 Å². The zero-order valence-corrected chi connectivity index (χ0v) is 36.6. The molecular formula is C43H51Cl5N6O4. The van der Waals surface area contributed by atoms with Crippen molar-refractivity contribution in [2.24, 2.45) is 21.1 Å². The molecule has 0 aliphatic carbocycles. The van der Waals surface area contributed by atoms with Crippen molar-refractivity contribution >= 4 is 104 Å². The number of halogens is 5. The number of hydrogen-bond donors (Lipinski definition) is 2. The second-order valence-corrected chi connectivity index (χ2v) is 17.0. The number of rotatable bonds is 22. The molecule has 2 aliphatic heterocycles. The lowest BCUT2D eigenvalue weighted by Gasteiger charge is -2.19. The summed E-state index contributed by atoms with van der Waals surface area (Å²) in [6, 6.07) is 10.3. The van der Waals surface area contributed by atoms with Gasteiger partial charge in [-0.1, -0.05) is 168 Å². The van der Waals surface area contributed by atoms with E-state index >= 15 is 0 Å². The first-order valence-corrected chi connectivity index (χ1v) is 22.3. The smallest absolute Gasteiger partial charge is 0.280 e. The van der Waals surface area contributed by atoms with E-state index in [1.165, 1.54) is 131 Å². The van der Waals surface area contributed by atoms with E-state index in [1.807, 2.05) is 0 Å². The Hall–Kier alpha value is -3.41. The van der Waals surface area contributed by atoms with Gasteiger partial charge in [-0.3, -0.25) is 24.7 Å². The predicted molar refractivity (Wildman–Crippen MR) is 237 cm³/mol. The first-order valence-electron chi connectivity index (χ1n) is 20.4. The van der Waals surface area contributed by atoms with Gasteiger partial charge in [0.15, 0.2) is 5.84 Å². The molecule has 3 aromatic rings. The van der Waals surface area contributed by atoms with Gasteiger partial charge >= 0.3 is 0 Å². The fraction of sp³-hybridized carbons (Fsp3) is 0.488. The lowest BCUT2D eigenvalue weighted by atomic mass is 9.98. The Balaban J connectivity index is 1.19. The highest BCUT2D eigenvalue weighted by Gasteiger charge is 2.42. The Kier molecular flexibility index (Phi) is 18.0. The molecule has 0 radical (unpaired) electrons. The molecule has 2 aliphatic rings. The highest BCUT2D eigenvalue weighted by Crippen LogP contribution is 2.40. The number of hydrazine groups is 1. The van der Waals surface area contributed by atoms with Gasteiger partial charge in [0, 0.05) is 23.4 Å². The predicted octanol–water partition coefficient (Wildman–Crippen LogP) is 13.9. The number of azo groups is 1. The molecule has 2 fully saturated rings. The minimum absolute atomic E-state index is 0.00904. The first kappa shape index (κ1) is 45.7. The third-order valence-electron chi connectivity index (χ3n) is 10.4. The van der Waals surface area contributed by atoms with Crippen LogP contribution in [0.15, 0.2) is 63.8 Å². The fourth-order valence-electron chi connectivity index (χ4n) is 7.26. The molecule has 0 unspecified atom stereocenters. The zero-order chi connectivity index (χ0) is 41.6. The van der Waals surface area contributed by atoms with E-state index in [9.17, 15) is 19.5 Å². The number of phenolic OH excluding ortho intramolecular Hbond substituents is 1. The number of nitrogens with zero attached hydrogens (tertiary/aromatic N) is 5. The highest BCUT2D eigenvalue weighted by atomic mass is 35.5. The van der Waals surface area contributed by atoms with Crippen molar-refractivity contribution in [1.29, 1.82) is 0 Å². The maximum absolute atomic E-state index is 13.9. The molecule has 0 saturated carbocycles. The lowest BCUT2D eigenvalue weighted by molar-refractivity contribution is -0.122. The number of carbonyl (C=O) groups is 3. The largest absolute Gasteiger partial charge is 0.508 e. The SMILES string of the molecule is CCCCCCCCCCCCCCCCCC[C@@H]1CC(=O)N(c2ccc(Cl)c(N=C3NN(c4c(Cl)cc(Cl)cc4Cl)C(=O)[C@H]3N=Nc3ccc(O)cc3Cl)c2)C1=O. The van der Waals surface area contributed by atoms with E-state index in [2.05, 4.69) is 27.6 Å². The minimum atomic E-state index is -1.36. The maximum atomic E-state index is 13.9. The number of imide groups is 1. The second kappa shape index (κ2) is 22.8. The van der Waals surface area contributed by atoms with E-state index in [-0.39, 0.29) is 72.0 Å². The molecule has 10 nitrogen and oxygen atoms in total. The van der Waals surface area contributed by atoms with Gasteiger partial charge in [0.2, 0.25) is 17.9 Å². The molecule has 0 bridgehead atoms. The summed E-state index contributed by atoms with van der Waals surface area (Å²) in [6.45, 7) is 2.26. The van der Waals surface area contributed by atoms with Crippen molar-refractivity contribution in [2.75, 3.05) is 9.91 Å². The van der Waals surface area contributed by atoms with Crippen LogP contribution < -0.4 is 15.3 Å². The Morgan fingerprint density at radius 3 is 1.84 bits per heavy atom. The third-order valence-corrected chi connectivity index (χ3v) is 11.8. The average Bonchev–Trinajstić information content (AvgIpc) is 3.63. The molecule has 15 heteroatoms. The number of phenols is 1. The number of amidine groups is 1. The van der Waals surface area contributed by atoms with Crippen LogP contribution in [0.4, 0.5) is 22.7 Å². The molecule has 2 atom stereocenters. The quantitative estimate of drug-likeness (QED) is 0.0590. The zero-order valence-electron chi connectivity index (χ0n) is 32.8. The molecule has 312 valence electrons. The summed E-state index contributed by atoms with van der Waals surface area (Å²) in [5.41, 5.74) is 3.68. The van der Waals surface area contributed by atoms with Crippen LogP contribution in [-0.4, -0.2) is 34.7 Å². The number of aliphatic imine (C=N–C) groups is 1. The molecule has 2 heterocycles. The standard InChI is InChI=1S/C43H51Cl5N6O4/c1-2-3-4-5-6-7-8-9-10-11-12-13-14-15-16-17-18-28-23-38(56)53(42(28)57)30-19-21-32(45)37(26-30)49-41-39(51-50-36-22-20-31(55)27-33(36)46)43(58)54(52-41)40-34(47)24-29(44)25-35(40)48/h19-22,24-28,39,55H,2-18,23H2,1H3,(H,49,52)/t28-,39+/m1/s1. The van der Waals surface area contributed by atoms with Crippen LogP contribution in [0.3, 0.4) is 0 Å². The number of unbranched alkanes of at least 4 members (excludes halogenated alkanes) is 15. The summed E-state index contributed by atoms with van der Waals surface area (Å²) in [5, 5.41) is 20.0. The normalized spacial score (nSPS) is 17.8. The first-order chi connectivity index (χ1) is 28.0. The van der Waals surface area contributed by atoms with Gasteiger partial charge in [-0.2, -0.15) is 10.2 Å². The maximum Gasteiger partial charge on any atom is 0.280 e. The monoisotopic (exact) mass is 890 g/mol. The Labute approximate surface area is 366 Å². The average molecular weight is 893 g/mol. The van der Waals surface area contributed by atoms with Crippen molar-refractivity contribution in [3.8, 4) is 5.75 Å². The van der Waals surface area contributed by atoms with Gasteiger partial charge < -0.3 is 5.11 Å². The number of anilines is 2. The molecular weight excluding hydrogens is 842 g/mol. The van der Waals surface area contributed by atoms with Crippen LogP contribution in [-0.2, 0) is 14.4 Å². The molecule has 3 amide bonds. The summed E-state index contributed by atoms with van der Waals surface area (Å²) in [4.78, 5) is 46.5. The lowest BCUT2D eigenvalue weighted by Crippen LogP contribution is -2.36. The van der Waals surface area contributed by atoms with Crippen LogP contribution in [0, 0.1) is 5.92 Å². The number of benzene rings is 3. The van der Waals surface area contributed by atoms with Crippen LogP contribution in [0.5, 0.6) is 5.75 Å². The Morgan fingerprint density at radius 1 is 0.672 bits per heavy atom. The highest BCUT2D eigenvalue weighted by molar-refractivity contribution is 6.43. The molecule has 58 heavy (non-hydrogen) atoms. The second-order valence-electron chi connectivity index (χ2n) is 15.0.